The topological polar surface area (TPSA) is 101 Å². The SMILES string of the molecule is COc1ccc(-c2nn(-c3ccccc3)cc2/C=C2/C(=O)N(Cc3cccnc3)C(=O)C(C#N)=C2C)cc1. The zero-order valence-electron chi connectivity index (χ0n) is 20.8. The van der Waals surface area contributed by atoms with Crippen LogP contribution in [0.1, 0.15) is 18.1 Å². The number of carbonyl (C=O) groups is 2. The maximum atomic E-state index is 13.7. The second-order valence-electron chi connectivity index (χ2n) is 8.67. The quantitative estimate of drug-likeness (QED) is 0.280. The highest BCUT2D eigenvalue weighted by Crippen LogP contribution is 2.32. The number of methoxy groups -OCH3 is 1. The predicted molar refractivity (Wildman–Crippen MR) is 142 cm³/mol. The smallest absolute Gasteiger partial charge is 0.271 e. The van der Waals surface area contributed by atoms with Crippen LogP contribution in [0.25, 0.3) is 23.0 Å². The van der Waals surface area contributed by atoms with Crippen molar-refractivity contribution in [2.75, 3.05) is 7.11 Å². The lowest BCUT2D eigenvalue weighted by atomic mass is 9.93. The minimum atomic E-state index is -0.619. The van der Waals surface area contributed by atoms with E-state index in [1.165, 1.54) is 0 Å². The van der Waals surface area contributed by atoms with Crippen LogP contribution in [0.4, 0.5) is 0 Å². The first-order valence-corrected chi connectivity index (χ1v) is 11.9. The van der Waals surface area contributed by atoms with Gasteiger partial charge in [-0.05, 0) is 66.6 Å². The highest BCUT2D eigenvalue weighted by Gasteiger charge is 2.35. The van der Waals surface area contributed by atoms with Crippen LogP contribution < -0.4 is 4.74 Å². The van der Waals surface area contributed by atoms with Gasteiger partial charge < -0.3 is 4.74 Å². The lowest BCUT2D eigenvalue weighted by Gasteiger charge is -2.27. The molecule has 0 fully saturated rings. The number of carbonyl (C=O) groups excluding carboxylic acids is 2. The van der Waals surface area contributed by atoms with Crippen molar-refractivity contribution in [2.45, 2.75) is 13.5 Å². The summed E-state index contributed by atoms with van der Waals surface area (Å²) in [5.41, 5.74) is 4.17. The summed E-state index contributed by atoms with van der Waals surface area (Å²) in [6.07, 6.45) is 6.73. The molecule has 3 heterocycles. The van der Waals surface area contributed by atoms with Gasteiger partial charge in [-0.25, -0.2) is 4.68 Å². The van der Waals surface area contributed by atoms with E-state index in [4.69, 9.17) is 9.84 Å². The molecule has 8 heteroatoms. The van der Waals surface area contributed by atoms with E-state index in [0.29, 0.717) is 28.1 Å². The summed E-state index contributed by atoms with van der Waals surface area (Å²) in [7, 11) is 1.60. The van der Waals surface area contributed by atoms with Crippen molar-refractivity contribution >= 4 is 17.9 Å². The number of aromatic nitrogens is 3. The van der Waals surface area contributed by atoms with Gasteiger partial charge >= 0.3 is 0 Å². The van der Waals surface area contributed by atoms with E-state index >= 15 is 0 Å². The van der Waals surface area contributed by atoms with Crippen LogP contribution in [-0.2, 0) is 16.1 Å². The molecule has 0 aliphatic carbocycles. The van der Waals surface area contributed by atoms with E-state index in [1.54, 1.807) is 49.3 Å². The molecule has 5 rings (SSSR count). The van der Waals surface area contributed by atoms with Gasteiger partial charge in [0.1, 0.15) is 17.4 Å². The summed E-state index contributed by atoms with van der Waals surface area (Å²) >= 11 is 0. The Morgan fingerprint density at radius 1 is 1.00 bits per heavy atom. The van der Waals surface area contributed by atoms with Crippen LogP contribution in [-0.4, -0.2) is 38.6 Å². The molecule has 0 saturated heterocycles. The van der Waals surface area contributed by atoms with Crippen molar-refractivity contribution in [3.8, 4) is 28.8 Å². The summed E-state index contributed by atoms with van der Waals surface area (Å²) in [6, 6.07) is 22.6. The molecule has 1 aliphatic heterocycles. The average Bonchev–Trinajstić information content (AvgIpc) is 3.39. The Morgan fingerprint density at radius 3 is 2.42 bits per heavy atom. The van der Waals surface area contributed by atoms with Gasteiger partial charge in [0.2, 0.25) is 0 Å². The van der Waals surface area contributed by atoms with Crippen molar-refractivity contribution in [1.29, 1.82) is 5.26 Å². The van der Waals surface area contributed by atoms with Crippen LogP contribution in [0.5, 0.6) is 5.75 Å². The van der Waals surface area contributed by atoms with E-state index in [1.807, 2.05) is 66.9 Å². The Bertz CT molecular complexity index is 1610. The normalized spacial score (nSPS) is 14.7. The molecule has 0 unspecified atom stereocenters. The number of rotatable bonds is 6. The Balaban J connectivity index is 1.65. The van der Waals surface area contributed by atoms with Crippen molar-refractivity contribution < 1.29 is 14.3 Å². The number of nitriles is 1. The first kappa shape index (κ1) is 24.4. The third-order valence-corrected chi connectivity index (χ3v) is 6.32. The highest BCUT2D eigenvalue weighted by molar-refractivity contribution is 6.19. The molecule has 0 radical (unpaired) electrons. The Kier molecular flexibility index (Phi) is 6.66. The van der Waals surface area contributed by atoms with Gasteiger partial charge in [-0.3, -0.25) is 19.5 Å². The minimum Gasteiger partial charge on any atom is -0.497 e. The molecule has 4 aromatic rings. The van der Waals surface area contributed by atoms with Gasteiger partial charge in [-0.1, -0.05) is 24.3 Å². The van der Waals surface area contributed by atoms with E-state index in [2.05, 4.69) is 4.98 Å². The van der Waals surface area contributed by atoms with Crippen LogP contribution in [0.15, 0.2) is 102 Å². The Labute approximate surface area is 219 Å². The molecule has 0 N–H and O–H groups in total. The predicted octanol–water partition coefficient (Wildman–Crippen LogP) is 4.74. The monoisotopic (exact) mass is 501 g/mol. The van der Waals surface area contributed by atoms with E-state index < -0.39 is 11.8 Å². The minimum absolute atomic E-state index is 0.00984. The van der Waals surface area contributed by atoms with Crippen molar-refractivity contribution in [3.05, 3.63) is 113 Å². The Morgan fingerprint density at radius 2 is 1.76 bits per heavy atom. The molecule has 1 aliphatic rings. The van der Waals surface area contributed by atoms with E-state index in [-0.39, 0.29) is 17.7 Å². The van der Waals surface area contributed by atoms with Gasteiger partial charge in [0.25, 0.3) is 11.8 Å². The lowest BCUT2D eigenvalue weighted by Crippen LogP contribution is -2.42. The van der Waals surface area contributed by atoms with Gasteiger partial charge in [-0.2, -0.15) is 10.4 Å². The molecular weight excluding hydrogens is 478 g/mol. The first-order chi connectivity index (χ1) is 18.5. The summed E-state index contributed by atoms with van der Waals surface area (Å²) in [5.74, 6) is -0.393. The van der Waals surface area contributed by atoms with E-state index in [9.17, 15) is 14.9 Å². The fraction of sp³-hybridized carbons (Fsp3) is 0.100. The highest BCUT2D eigenvalue weighted by atomic mass is 16.5. The van der Waals surface area contributed by atoms with Crippen molar-refractivity contribution in [2.24, 2.45) is 0 Å². The molecule has 186 valence electrons. The standard InChI is InChI=1S/C30H23N5O3/c1-20-26(29(36)34(30(37)27(20)16-31)18-21-7-6-14-32-17-21)15-23-19-35(24-8-4-3-5-9-24)33-28(23)22-10-12-25(38-2)13-11-22/h3-15,17,19H,18H2,1-2H3/b26-15+. The molecular formula is C30H23N5O3. The molecule has 2 aromatic carbocycles. The number of imide groups is 1. The molecule has 0 saturated carbocycles. The molecule has 2 aromatic heterocycles. The zero-order chi connectivity index (χ0) is 26.6. The summed E-state index contributed by atoms with van der Waals surface area (Å²) in [5, 5.41) is 14.6. The number of amides is 2. The second kappa shape index (κ2) is 10.4. The van der Waals surface area contributed by atoms with Crippen LogP contribution in [0.3, 0.4) is 0 Å². The number of ether oxygens (including phenoxy) is 1. The molecule has 0 spiro atoms. The number of nitrogens with zero attached hydrogens (tertiary/aromatic N) is 5. The number of para-hydroxylation sites is 1. The van der Waals surface area contributed by atoms with Crippen LogP contribution in [0.2, 0.25) is 0 Å². The third-order valence-electron chi connectivity index (χ3n) is 6.32. The fourth-order valence-corrected chi connectivity index (χ4v) is 4.28. The van der Waals surface area contributed by atoms with Crippen molar-refractivity contribution in [1.82, 2.24) is 19.7 Å². The number of benzene rings is 2. The Hall–Kier alpha value is -5.29. The van der Waals surface area contributed by atoms with Crippen LogP contribution >= 0.6 is 0 Å². The number of hydrogen-bond donors (Lipinski definition) is 0. The van der Waals surface area contributed by atoms with Gasteiger partial charge in [0.05, 0.1) is 25.0 Å². The second-order valence-corrected chi connectivity index (χ2v) is 8.67. The lowest BCUT2D eigenvalue weighted by molar-refractivity contribution is -0.141. The maximum Gasteiger partial charge on any atom is 0.271 e. The average molecular weight is 502 g/mol. The molecule has 38 heavy (non-hydrogen) atoms. The molecule has 2 amide bonds. The largest absolute Gasteiger partial charge is 0.497 e. The zero-order valence-corrected chi connectivity index (χ0v) is 20.8. The fourth-order valence-electron chi connectivity index (χ4n) is 4.28. The maximum absolute atomic E-state index is 13.7. The number of hydrogen-bond acceptors (Lipinski definition) is 6. The van der Waals surface area contributed by atoms with Crippen LogP contribution in [0, 0.1) is 11.3 Å². The molecule has 8 nitrogen and oxygen atoms in total. The summed E-state index contributed by atoms with van der Waals surface area (Å²) in [6.45, 7) is 1.63. The first-order valence-electron chi connectivity index (χ1n) is 11.9. The van der Waals surface area contributed by atoms with Gasteiger partial charge in [-0.15, -0.1) is 0 Å². The molecule has 0 bridgehead atoms. The van der Waals surface area contributed by atoms with Crippen molar-refractivity contribution in [3.63, 3.8) is 0 Å². The molecule has 0 atom stereocenters. The third kappa shape index (κ3) is 4.61. The van der Waals surface area contributed by atoms with E-state index in [0.717, 1.165) is 16.2 Å². The van der Waals surface area contributed by atoms with Gasteiger partial charge in [0.15, 0.2) is 0 Å². The summed E-state index contributed by atoms with van der Waals surface area (Å²) in [4.78, 5) is 31.9. The number of pyridine rings is 1. The van der Waals surface area contributed by atoms with Gasteiger partial charge in [0, 0.05) is 35.3 Å². The summed E-state index contributed by atoms with van der Waals surface area (Å²) < 4.78 is 7.03.